The van der Waals surface area contributed by atoms with Gasteiger partial charge in [0.2, 0.25) is 0 Å². The SMILES string of the molecule is CC(c1ccccc1)N1CCN(C2(C)CCOC(C)(C)C2)CC1. The topological polar surface area (TPSA) is 15.7 Å². The van der Waals surface area contributed by atoms with Gasteiger partial charge in [-0.1, -0.05) is 30.3 Å². The standard InChI is InChI=1S/C20H32N2O/c1-17(18-8-6-5-7-9-18)21-11-13-22(14-12-21)20(4)10-15-23-19(2,3)16-20/h5-9,17H,10-16H2,1-4H3. The van der Waals surface area contributed by atoms with Crippen LogP contribution in [0, 0.1) is 0 Å². The maximum Gasteiger partial charge on any atom is 0.0644 e. The van der Waals surface area contributed by atoms with Crippen molar-refractivity contribution in [2.75, 3.05) is 32.8 Å². The van der Waals surface area contributed by atoms with E-state index in [0.29, 0.717) is 11.6 Å². The van der Waals surface area contributed by atoms with Crippen LogP contribution >= 0.6 is 0 Å². The third-order valence-electron chi connectivity index (χ3n) is 5.85. The minimum absolute atomic E-state index is 0.0153. The molecule has 0 bridgehead atoms. The van der Waals surface area contributed by atoms with Gasteiger partial charge in [0, 0.05) is 44.4 Å². The maximum atomic E-state index is 5.93. The van der Waals surface area contributed by atoms with Crippen molar-refractivity contribution >= 4 is 0 Å². The van der Waals surface area contributed by atoms with Gasteiger partial charge in [0.05, 0.1) is 5.60 Å². The zero-order chi connectivity index (χ0) is 16.5. The molecule has 128 valence electrons. The van der Waals surface area contributed by atoms with E-state index in [2.05, 4.69) is 67.8 Å². The van der Waals surface area contributed by atoms with Gasteiger partial charge in [-0.25, -0.2) is 0 Å². The van der Waals surface area contributed by atoms with Crippen molar-refractivity contribution in [2.45, 2.75) is 57.7 Å². The highest BCUT2D eigenvalue weighted by molar-refractivity contribution is 5.18. The summed E-state index contributed by atoms with van der Waals surface area (Å²) in [5.41, 5.74) is 1.74. The summed E-state index contributed by atoms with van der Waals surface area (Å²) >= 11 is 0. The Balaban J connectivity index is 1.60. The van der Waals surface area contributed by atoms with Crippen LogP contribution in [0.3, 0.4) is 0 Å². The molecule has 0 spiro atoms. The maximum absolute atomic E-state index is 5.93. The van der Waals surface area contributed by atoms with Gasteiger partial charge in [0.15, 0.2) is 0 Å². The molecule has 0 N–H and O–H groups in total. The summed E-state index contributed by atoms with van der Waals surface area (Å²) in [6.45, 7) is 14.8. The van der Waals surface area contributed by atoms with Gasteiger partial charge in [-0.15, -0.1) is 0 Å². The first-order valence-electron chi connectivity index (χ1n) is 9.08. The highest BCUT2D eigenvalue weighted by Gasteiger charge is 2.42. The van der Waals surface area contributed by atoms with Gasteiger partial charge in [-0.2, -0.15) is 0 Å². The van der Waals surface area contributed by atoms with Crippen LogP contribution in [0.2, 0.25) is 0 Å². The third-order valence-corrected chi connectivity index (χ3v) is 5.85. The predicted octanol–water partition coefficient (Wildman–Crippen LogP) is 3.71. The number of piperazine rings is 1. The monoisotopic (exact) mass is 316 g/mol. The smallest absolute Gasteiger partial charge is 0.0644 e. The van der Waals surface area contributed by atoms with Gasteiger partial charge in [0.25, 0.3) is 0 Å². The van der Waals surface area contributed by atoms with E-state index in [-0.39, 0.29) is 5.60 Å². The Hall–Kier alpha value is -0.900. The lowest BCUT2D eigenvalue weighted by Gasteiger charge is -2.52. The Bertz CT molecular complexity index is 508. The van der Waals surface area contributed by atoms with E-state index in [9.17, 15) is 0 Å². The number of hydrogen-bond acceptors (Lipinski definition) is 3. The molecule has 2 aliphatic rings. The first kappa shape index (κ1) is 16.9. The van der Waals surface area contributed by atoms with E-state index in [1.165, 1.54) is 18.7 Å². The van der Waals surface area contributed by atoms with E-state index in [1.807, 2.05) is 0 Å². The molecular formula is C20H32N2O. The van der Waals surface area contributed by atoms with E-state index in [4.69, 9.17) is 4.74 Å². The fourth-order valence-electron chi connectivity index (χ4n) is 4.47. The van der Waals surface area contributed by atoms with Crippen molar-refractivity contribution in [3.63, 3.8) is 0 Å². The first-order chi connectivity index (χ1) is 10.9. The van der Waals surface area contributed by atoms with Gasteiger partial charge in [-0.05, 0) is 46.1 Å². The Labute approximate surface area is 141 Å². The molecule has 0 aliphatic carbocycles. The molecule has 3 heteroatoms. The second-order valence-electron chi connectivity index (χ2n) is 8.14. The van der Waals surface area contributed by atoms with Crippen molar-refractivity contribution in [1.29, 1.82) is 0 Å². The largest absolute Gasteiger partial charge is 0.375 e. The molecule has 3 rings (SSSR count). The Morgan fingerprint density at radius 2 is 1.65 bits per heavy atom. The van der Waals surface area contributed by atoms with Crippen LogP contribution in [-0.4, -0.2) is 53.7 Å². The van der Waals surface area contributed by atoms with Crippen LogP contribution in [0.25, 0.3) is 0 Å². The van der Waals surface area contributed by atoms with Crippen LogP contribution in [-0.2, 0) is 4.74 Å². The van der Waals surface area contributed by atoms with Gasteiger partial charge < -0.3 is 4.74 Å². The molecule has 2 fully saturated rings. The number of hydrogen-bond donors (Lipinski definition) is 0. The van der Waals surface area contributed by atoms with Crippen molar-refractivity contribution in [3.05, 3.63) is 35.9 Å². The third kappa shape index (κ3) is 3.78. The van der Waals surface area contributed by atoms with Gasteiger partial charge in [0.1, 0.15) is 0 Å². The second kappa shape index (κ2) is 6.54. The molecule has 0 aromatic heterocycles. The highest BCUT2D eigenvalue weighted by atomic mass is 16.5. The number of nitrogens with zero attached hydrogens (tertiary/aromatic N) is 2. The van der Waals surface area contributed by atoms with E-state index >= 15 is 0 Å². The second-order valence-corrected chi connectivity index (χ2v) is 8.14. The van der Waals surface area contributed by atoms with E-state index in [1.54, 1.807) is 0 Å². The summed E-state index contributed by atoms with van der Waals surface area (Å²) in [7, 11) is 0. The molecule has 1 aromatic rings. The van der Waals surface area contributed by atoms with Crippen molar-refractivity contribution < 1.29 is 4.74 Å². The lowest BCUT2D eigenvalue weighted by molar-refractivity contribution is -0.122. The van der Waals surface area contributed by atoms with E-state index < -0.39 is 0 Å². The summed E-state index contributed by atoms with van der Waals surface area (Å²) in [6.07, 6.45) is 2.29. The zero-order valence-corrected chi connectivity index (χ0v) is 15.2. The van der Waals surface area contributed by atoms with Gasteiger partial charge >= 0.3 is 0 Å². The van der Waals surface area contributed by atoms with Crippen molar-refractivity contribution in [2.24, 2.45) is 0 Å². The molecule has 0 saturated carbocycles. The fraction of sp³-hybridized carbons (Fsp3) is 0.700. The van der Waals surface area contributed by atoms with Gasteiger partial charge in [-0.3, -0.25) is 9.80 Å². The lowest BCUT2D eigenvalue weighted by atomic mass is 9.81. The summed E-state index contributed by atoms with van der Waals surface area (Å²) in [6, 6.07) is 11.4. The average Bonchev–Trinajstić information content (AvgIpc) is 2.54. The fourth-order valence-corrected chi connectivity index (χ4v) is 4.47. The Morgan fingerprint density at radius 3 is 2.26 bits per heavy atom. The Kier molecular flexibility index (Phi) is 4.82. The van der Waals surface area contributed by atoms with Crippen LogP contribution < -0.4 is 0 Å². The average molecular weight is 316 g/mol. The Morgan fingerprint density at radius 1 is 1.00 bits per heavy atom. The van der Waals surface area contributed by atoms with Crippen molar-refractivity contribution in [1.82, 2.24) is 9.80 Å². The summed E-state index contributed by atoms with van der Waals surface area (Å²) in [4.78, 5) is 5.34. The van der Waals surface area contributed by atoms with E-state index in [0.717, 1.165) is 32.5 Å². The molecule has 2 heterocycles. The molecule has 0 radical (unpaired) electrons. The lowest BCUT2D eigenvalue weighted by Crippen LogP contribution is -2.60. The highest BCUT2D eigenvalue weighted by Crippen LogP contribution is 2.37. The molecule has 0 amide bonds. The van der Waals surface area contributed by atoms with Crippen LogP contribution in [0.15, 0.2) is 30.3 Å². The normalized spacial score (nSPS) is 31.0. The molecule has 3 nitrogen and oxygen atoms in total. The predicted molar refractivity (Wildman–Crippen MR) is 95.7 cm³/mol. The summed E-state index contributed by atoms with van der Waals surface area (Å²) < 4.78 is 5.93. The summed E-state index contributed by atoms with van der Waals surface area (Å²) in [5.74, 6) is 0. The van der Waals surface area contributed by atoms with Crippen LogP contribution in [0.1, 0.15) is 52.1 Å². The number of ether oxygens (including phenoxy) is 1. The molecule has 2 saturated heterocycles. The van der Waals surface area contributed by atoms with Crippen LogP contribution in [0.5, 0.6) is 0 Å². The number of rotatable bonds is 3. The molecule has 23 heavy (non-hydrogen) atoms. The van der Waals surface area contributed by atoms with Crippen LogP contribution in [0.4, 0.5) is 0 Å². The molecule has 2 aliphatic heterocycles. The minimum atomic E-state index is 0.0153. The zero-order valence-electron chi connectivity index (χ0n) is 15.2. The quantitative estimate of drug-likeness (QED) is 0.845. The molecule has 2 atom stereocenters. The summed E-state index contributed by atoms with van der Waals surface area (Å²) in [5, 5.41) is 0. The molecular weight excluding hydrogens is 284 g/mol. The molecule has 1 aromatic carbocycles. The number of benzene rings is 1. The van der Waals surface area contributed by atoms with Crippen molar-refractivity contribution in [3.8, 4) is 0 Å². The minimum Gasteiger partial charge on any atom is -0.375 e. The molecule has 2 unspecified atom stereocenters. The first-order valence-corrected chi connectivity index (χ1v) is 9.08.